The van der Waals surface area contributed by atoms with Gasteiger partial charge in [-0.1, -0.05) is 24.3 Å². The number of carboxylic acids is 1. The Bertz CT molecular complexity index is 958. The van der Waals surface area contributed by atoms with Gasteiger partial charge in [0.1, 0.15) is 5.75 Å². The second-order valence-electron chi connectivity index (χ2n) is 5.50. The van der Waals surface area contributed by atoms with Crippen molar-refractivity contribution in [2.75, 3.05) is 4.31 Å². The molecule has 1 aliphatic rings. The number of hydrogen-bond donors (Lipinski definition) is 1. The molecule has 0 saturated heterocycles. The number of halogens is 3. The van der Waals surface area contributed by atoms with Crippen LogP contribution >= 0.6 is 0 Å². The maximum absolute atomic E-state index is 12.8. The summed E-state index contributed by atoms with van der Waals surface area (Å²) in [6.45, 7) is 0. The summed E-state index contributed by atoms with van der Waals surface area (Å²) in [6.07, 6.45) is -5.48. The molecule has 2 aromatic carbocycles. The minimum absolute atomic E-state index is 0.0756. The van der Waals surface area contributed by atoms with Crippen molar-refractivity contribution in [1.29, 1.82) is 0 Å². The van der Waals surface area contributed by atoms with Gasteiger partial charge in [0.05, 0.1) is 23.0 Å². The minimum atomic E-state index is -4.94. The molecule has 138 valence electrons. The van der Waals surface area contributed by atoms with E-state index in [1.807, 2.05) is 0 Å². The highest BCUT2D eigenvalue weighted by Gasteiger charge is 2.43. The van der Waals surface area contributed by atoms with Crippen molar-refractivity contribution in [2.45, 2.75) is 23.7 Å². The molecule has 26 heavy (non-hydrogen) atoms. The van der Waals surface area contributed by atoms with Gasteiger partial charge in [-0.05, 0) is 23.8 Å². The third kappa shape index (κ3) is 3.32. The molecular formula is C16H12F3NO5S. The molecule has 0 bridgehead atoms. The number of ether oxygens (including phenoxy) is 1. The molecule has 0 spiro atoms. The molecule has 2 aromatic rings. The number of anilines is 1. The summed E-state index contributed by atoms with van der Waals surface area (Å²) >= 11 is 0. The predicted octanol–water partition coefficient (Wildman–Crippen LogP) is 3.31. The molecule has 0 saturated carbocycles. The molecule has 6 nitrogen and oxygen atoms in total. The van der Waals surface area contributed by atoms with Crippen LogP contribution in [0.1, 0.15) is 18.0 Å². The molecule has 10 heteroatoms. The molecule has 0 amide bonds. The van der Waals surface area contributed by atoms with Crippen molar-refractivity contribution in [3.63, 3.8) is 0 Å². The summed E-state index contributed by atoms with van der Waals surface area (Å²) in [4.78, 5) is 11.1. The van der Waals surface area contributed by atoms with E-state index in [1.165, 1.54) is 30.3 Å². The Labute approximate surface area is 146 Å². The molecule has 1 N–H and O–H groups in total. The number of carboxylic acid groups (broad SMARTS) is 1. The number of benzene rings is 2. The highest BCUT2D eigenvalue weighted by atomic mass is 32.2. The van der Waals surface area contributed by atoms with Crippen LogP contribution in [0.5, 0.6) is 5.75 Å². The number of fused-ring (bicyclic) bond motifs is 1. The van der Waals surface area contributed by atoms with Crippen molar-refractivity contribution in [3.8, 4) is 5.75 Å². The zero-order valence-corrected chi connectivity index (χ0v) is 13.8. The Morgan fingerprint density at radius 3 is 2.50 bits per heavy atom. The van der Waals surface area contributed by atoms with Gasteiger partial charge in [-0.15, -0.1) is 13.2 Å². The van der Waals surface area contributed by atoms with Gasteiger partial charge in [-0.25, -0.2) is 8.42 Å². The maximum Gasteiger partial charge on any atom is 0.573 e. The predicted molar refractivity (Wildman–Crippen MR) is 84.2 cm³/mol. The second kappa shape index (κ2) is 6.20. The summed E-state index contributed by atoms with van der Waals surface area (Å²) in [6, 6.07) is 9.21. The number of carbonyl (C=O) groups is 1. The Balaban J connectivity index is 2.11. The third-order valence-corrected chi connectivity index (χ3v) is 5.68. The SMILES string of the molecule is O=C(O)CC1c2ccccc2S(=O)(=O)N1c1cccc(OC(F)(F)F)c1. The summed E-state index contributed by atoms with van der Waals surface area (Å²) in [5.41, 5.74) is 0.159. The summed E-state index contributed by atoms with van der Waals surface area (Å²) in [7, 11) is -4.12. The van der Waals surface area contributed by atoms with E-state index in [-0.39, 0.29) is 16.1 Å². The first kappa shape index (κ1) is 18.1. The van der Waals surface area contributed by atoms with Crippen LogP contribution in [-0.2, 0) is 14.8 Å². The summed E-state index contributed by atoms with van der Waals surface area (Å²) < 4.78 is 67.6. The van der Waals surface area contributed by atoms with Crippen LogP contribution in [0.15, 0.2) is 53.4 Å². The van der Waals surface area contributed by atoms with Crippen LogP contribution in [0.25, 0.3) is 0 Å². The smallest absolute Gasteiger partial charge is 0.481 e. The molecule has 1 heterocycles. The lowest BCUT2D eigenvalue weighted by molar-refractivity contribution is -0.274. The summed E-state index contributed by atoms with van der Waals surface area (Å²) in [5.74, 6) is -1.84. The van der Waals surface area contributed by atoms with E-state index in [2.05, 4.69) is 4.74 Å². The fourth-order valence-electron chi connectivity index (χ4n) is 2.89. The van der Waals surface area contributed by atoms with Crippen LogP contribution in [0.3, 0.4) is 0 Å². The Kier molecular flexibility index (Phi) is 4.31. The van der Waals surface area contributed by atoms with Crippen LogP contribution < -0.4 is 9.04 Å². The fraction of sp³-hybridized carbons (Fsp3) is 0.188. The zero-order chi connectivity index (χ0) is 19.1. The minimum Gasteiger partial charge on any atom is -0.481 e. The van der Waals surface area contributed by atoms with Gasteiger partial charge in [-0.2, -0.15) is 0 Å². The van der Waals surface area contributed by atoms with E-state index < -0.39 is 40.6 Å². The van der Waals surface area contributed by atoms with E-state index in [4.69, 9.17) is 5.11 Å². The number of hydrogen-bond acceptors (Lipinski definition) is 4. The van der Waals surface area contributed by atoms with Crippen molar-refractivity contribution in [3.05, 3.63) is 54.1 Å². The molecule has 1 aliphatic heterocycles. The van der Waals surface area contributed by atoms with Gasteiger partial charge in [0.2, 0.25) is 0 Å². The van der Waals surface area contributed by atoms with Crippen LogP contribution in [0, 0.1) is 0 Å². The standard InChI is InChI=1S/C16H12F3NO5S/c17-16(18,19)25-11-5-3-4-10(8-11)20-13(9-15(21)22)12-6-1-2-7-14(12)26(20,23)24/h1-8,13H,9H2,(H,21,22). The van der Waals surface area contributed by atoms with E-state index >= 15 is 0 Å². The highest BCUT2D eigenvalue weighted by Crippen LogP contribution is 2.45. The van der Waals surface area contributed by atoms with Gasteiger partial charge < -0.3 is 9.84 Å². The van der Waals surface area contributed by atoms with Gasteiger partial charge in [0.25, 0.3) is 10.0 Å². The van der Waals surface area contributed by atoms with Crippen LogP contribution in [-0.4, -0.2) is 25.9 Å². The van der Waals surface area contributed by atoms with Crippen molar-refractivity contribution in [2.24, 2.45) is 0 Å². The second-order valence-corrected chi connectivity index (χ2v) is 7.28. The Hall–Kier alpha value is -2.75. The number of nitrogens with zero attached hydrogens (tertiary/aromatic N) is 1. The number of sulfonamides is 1. The van der Waals surface area contributed by atoms with Crippen molar-refractivity contribution >= 4 is 21.7 Å². The Morgan fingerprint density at radius 2 is 1.85 bits per heavy atom. The molecule has 0 aromatic heterocycles. The highest BCUT2D eigenvalue weighted by molar-refractivity contribution is 7.93. The molecular weight excluding hydrogens is 375 g/mol. The quantitative estimate of drug-likeness (QED) is 0.870. The van der Waals surface area contributed by atoms with E-state index in [0.29, 0.717) is 0 Å². The van der Waals surface area contributed by atoms with Crippen LogP contribution in [0.4, 0.5) is 18.9 Å². The zero-order valence-electron chi connectivity index (χ0n) is 13.0. The van der Waals surface area contributed by atoms with Gasteiger partial charge in [-0.3, -0.25) is 9.10 Å². The molecule has 0 fully saturated rings. The lowest BCUT2D eigenvalue weighted by atomic mass is 10.0. The Morgan fingerprint density at radius 1 is 1.15 bits per heavy atom. The van der Waals surface area contributed by atoms with Gasteiger partial charge in [0.15, 0.2) is 0 Å². The maximum atomic E-state index is 12.8. The average molecular weight is 387 g/mol. The van der Waals surface area contributed by atoms with E-state index in [0.717, 1.165) is 16.4 Å². The lowest BCUT2D eigenvalue weighted by Gasteiger charge is -2.25. The molecule has 0 aliphatic carbocycles. The monoisotopic (exact) mass is 387 g/mol. The number of aliphatic carboxylic acids is 1. The first-order valence-electron chi connectivity index (χ1n) is 7.30. The van der Waals surface area contributed by atoms with E-state index in [9.17, 15) is 26.4 Å². The normalized spacial score (nSPS) is 18.4. The lowest BCUT2D eigenvalue weighted by Crippen LogP contribution is -2.29. The van der Waals surface area contributed by atoms with Gasteiger partial charge in [0, 0.05) is 6.07 Å². The molecule has 0 radical (unpaired) electrons. The van der Waals surface area contributed by atoms with Crippen molar-refractivity contribution < 1.29 is 36.2 Å². The fourth-order valence-corrected chi connectivity index (χ4v) is 4.76. The number of rotatable bonds is 4. The summed E-state index contributed by atoms with van der Waals surface area (Å²) in [5, 5.41) is 9.15. The average Bonchev–Trinajstić information content (AvgIpc) is 2.73. The number of alkyl halides is 3. The van der Waals surface area contributed by atoms with Crippen LogP contribution in [0.2, 0.25) is 0 Å². The van der Waals surface area contributed by atoms with Gasteiger partial charge >= 0.3 is 12.3 Å². The molecule has 1 unspecified atom stereocenters. The first-order valence-corrected chi connectivity index (χ1v) is 8.74. The topological polar surface area (TPSA) is 83.9 Å². The third-order valence-electron chi connectivity index (χ3n) is 3.77. The largest absolute Gasteiger partial charge is 0.573 e. The van der Waals surface area contributed by atoms with E-state index in [1.54, 1.807) is 6.07 Å². The first-order chi connectivity index (χ1) is 12.1. The van der Waals surface area contributed by atoms with Crippen molar-refractivity contribution in [1.82, 2.24) is 0 Å². The molecule has 3 rings (SSSR count). The molecule has 1 atom stereocenters.